The first-order valence-corrected chi connectivity index (χ1v) is 7.89. The molecule has 1 atom stereocenters. The van der Waals surface area contributed by atoms with Crippen LogP contribution >= 0.6 is 22.9 Å². The van der Waals surface area contributed by atoms with Gasteiger partial charge in [-0.3, -0.25) is 4.79 Å². The first kappa shape index (κ1) is 17.2. The van der Waals surface area contributed by atoms with E-state index in [1.807, 2.05) is 17.5 Å². The SMILES string of the molecule is C[C@@H](OC(=O)/C=C/c1cccs1)C(=O)Nc1ccc(F)cc1Cl. The van der Waals surface area contributed by atoms with Crippen molar-refractivity contribution in [3.05, 3.63) is 57.5 Å². The molecule has 0 saturated carbocycles. The lowest BCUT2D eigenvalue weighted by molar-refractivity contribution is -0.148. The van der Waals surface area contributed by atoms with E-state index in [4.69, 9.17) is 16.3 Å². The quantitative estimate of drug-likeness (QED) is 0.649. The molecule has 1 aromatic heterocycles. The molecular weight excluding hydrogens is 341 g/mol. The van der Waals surface area contributed by atoms with E-state index in [1.54, 1.807) is 6.08 Å². The lowest BCUT2D eigenvalue weighted by Gasteiger charge is -2.13. The van der Waals surface area contributed by atoms with Gasteiger partial charge in [0.05, 0.1) is 10.7 Å². The van der Waals surface area contributed by atoms with Gasteiger partial charge in [-0.15, -0.1) is 11.3 Å². The van der Waals surface area contributed by atoms with Gasteiger partial charge in [-0.05, 0) is 42.6 Å². The smallest absolute Gasteiger partial charge is 0.331 e. The minimum Gasteiger partial charge on any atom is -0.449 e. The highest BCUT2D eigenvalue weighted by atomic mass is 35.5. The number of amides is 1. The highest BCUT2D eigenvalue weighted by Crippen LogP contribution is 2.22. The van der Waals surface area contributed by atoms with Crippen molar-refractivity contribution in [2.45, 2.75) is 13.0 Å². The summed E-state index contributed by atoms with van der Waals surface area (Å²) in [5.74, 6) is -1.70. The summed E-state index contributed by atoms with van der Waals surface area (Å²) >= 11 is 7.29. The Hall–Kier alpha value is -2.18. The van der Waals surface area contributed by atoms with E-state index in [-0.39, 0.29) is 10.7 Å². The maximum absolute atomic E-state index is 12.9. The van der Waals surface area contributed by atoms with Crippen LogP contribution in [0.2, 0.25) is 5.02 Å². The highest BCUT2D eigenvalue weighted by Gasteiger charge is 2.17. The molecule has 0 aliphatic rings. The average Bonchev–Trinajstić information content (AvgIpc) is 3.01. The van der Waals surface area contributed by atoms with Gasteiger partial charge in [0.15, 0.2) is 6.10 Å². The van der Waals surface area contributed by atoms with Crippen molar-refractivity contribution in [3.63, 3.8) is 0 Å². The van der Waals surface area contributed by atoms with Gasteiger partial charge in [-0.2, -0.15) is 0 Å². The van der Waals surface area contributed by atoms with E-state index in [0.717, 1.165) is 10.9 Å². The van der Waals surface area contributed by atoms with Crippen LogP contribution in [0, 0.1) is 5.82 Å². The Morgan fingerprint density at radius 1 is 1.39 bits per heavy atom. The summed E-state index contributed by atoms with van der Waals surface area (Å²) in [4.78, 5) is 24.5. The van der Waals surface area contributed by atoms with Crippen molar-refractivity contribution < 1.29 is 18.7 Å². The third-order valence-electron chi connectivity index (χ3n) is 2.78. The molecule has 1 amide bonds. The van der Waals surface area contributed by atoms with Crippen LogP contribution in [-0.4, -0.2) is 18.0 Å². The van der Waals surface area contributed by atoms with Crippen LogP contribution in [0.3, 0.4) is 0 Å². The zero-order valence-corrected chi connectivity index (χ0v) is 13.7. The van der Waals surface area contributed by atoms with Crippen LogP contribution in [-0.2, 0) is 14.3 Å². The lowest BCUT2D eigenvalue weighted by Crippen LogP contribution is -2.29. The van der Waals surface area contributed by atoms with Gasteiger partial charge in [0, 0.05) is 11.0 Å². The minimum atomic E-state index is -1.02. The molecule has 1 heterocycles. The van der Waals surface area contributed by atoms with Gasteiger partial charge in [0.1, 0.15) is 5.82 Å². The van der Waals surface area contributed by atoms with Crippen LogP contribution in [0.25, 0.3) is 6.08 Å². The Labute approximate surface area is 141 Å². The zero-order chi connectivity index (χ0) is 16.8. The number of carbonyl (C=O) groups excluding carboxylic acids is 2. The number of carbonyl (C=O) groups is 2. The maximum Gasteiger partial charge on any atom is 0.331 e. The largest absolute Gasteiger partial charge is 0.449 e. The van der Waals surface area contributed by atoms with Gasteiger partial charge in [0.25, 0.3) is 5.91 Å². The van der Waals surface area contributed by atoms with Gasteiger partial charge >= 0.3 is 5.97 Å². The van der Waals surface area contributed by atoms with Gasteiger partial charge in [-0.1, -0.05) is 17.7 Å². The Balaban J connectivity index is 1.90. The summed E-state index contributed by atoms with van der Waals surface area (Å²) in [6, 6.07) is 7.29. The Kier molecular flexibility index (Phi) is 5.90. The molecule has 0 unspecified atom stereocenters. The third kappa shape index (κ3) is 5.19. The van der Waals surface area contributed by atoms with E-state index in [0.29, 0.717) is 0 Å². The molecule has 0 saturated heterocycles. The molecular formula is C16H13ClFNO3S. The van der Waals surface area contributed by atoms with Crippen molar-refractivity contribution in [2.24, 2.45) is 0 Å². The van der Waals surface area contributed by atoms with E-state index >= 15 is 0 Å². The van der Waals surface area contributed by atoms with Gasteiger partial charge < -0.3 is 10.1 Å². The maximum atomic E-state index is 12.9. The molecule has 1 N–H and O–H groups in total. The summed E-state index contributed by atoms with van der Waals surface area (Å²) in [6.07, 6.45) is 1.84. The molecule has 1 aromatic carbocycles. The molecule has 0 spiro atoms. The molecule has 23 heavy (non-hydrogen) atoms. The van der Waals surface area contributed by atoms with Gasteiger partial charge in [-0.25, -0.2) is 9.18 Å². The van der Waals surface area contributed by atoms with Gasteiger partial charge in [0.2, 0.25) is 0 Å². The predicted molar refractivity (Wildman–Crippen MR) is 88.9 cm³/mol. The van der Waals surface area contributed by atoms with Crippen LogP contribution in [0.15, 0.2) is 41.8 Å². The monoisotopic (exact) mass is 353 g/mol. The molecule has 2 rings (SSSR count). The summed E-state index contributed by atoms with van der Waals surface area (Å²) in [5, 5.41) is 4.42. The number of rotatable bonds is 5. The molecule has 0 bridgehead atoms. The van der Waals surface area contributed by atoms with E-state index in [2.05, 4.69) is 5.32 Å². The van der Waals surface area contributed by atoms with Crippen molar-refractivity contribution in [3.8, 4) is 0 Å². The van der Waals surface area contributed by atoms with E-state index in [1.165, 1.54) is 36.5 Å². The van der Waals surface area contributed by atoms with Crippen molar-refractivity contribution >= 4 is 46.6 Å². The Morgan fingerprint density at radius 2 is 2.17 bits per heavy atom. The van der Waals surface area contributed by atoms with Crippen molar-refractivity contribution in [1.82, 2.24) is 0 Å². The standard InChI is InChI=1S/C16H13ClFNO3S/c1-10(22-15(20)7-5-12-3-2-8-23-12)16(21)19-14-6-4-11(18)9-13(14)17/h2-10H,1H3,(H,19,21)/b7-5+/t10-/m1/s1. The molecule has 120 valence electrons. The fourth-order valence-electron chi connectivity index (χ4n) is 1.63. The molecule has 4 nitrogen and oxygen atoms in total. The van der Waals surface area contributed by atoms with Crippen LogP contribution in [0.1, 0.15) is 11.8 Å². The zero-order valence-electron chi connectivity index (χ0n) is 12.1. The molecule has 0 radical (unpaired) electrons. The van der Waals surface area contributed by atoms with Crippen LogP contribution in [0.4, 0.5) is 10.1 Å². The number of halogens is 2. The van der Waals surface area contributed by atoms with Crippen molar-refractivity contribution in [1.29, 1.82) is 0 Å². The Morgan fingerprint density at radius 3 is 2.83 bits per heavy atom. The van der Waals surface area contributed by atoms with Crippen LogP contribution < -0.4 is 5.32 Å². The summed E-state index contributed by atoms with van der Waals surface area (Å²) in [6.45, 7) is 1.43. The van der Waals surface area contributed by atoms with E-state index < -0.39 is 23.8 Å². The molecule has 2 aromatic rings. The average molecular weight is 354 g/mol. The second-order valence-corrected chi connectivity index (χ2v) is 5.93. The van der Waals surface area contributed by atoms with Crippen LogP contribution in [0.5, 0.6) is 0 Å². The summed E-state index contributed by atoms with van der Waals surface area (Å²) in [5.41, 5.74) is 0.245. The first-order valence-electron chi connectivity index (χ1n) is 6.64. The van der Waals surface area contributed by atoms with E-state index in [9.17, 15) is 14.0 Å². The minimum absolute atomic E-state index is 0.0643. The lowest BCUT2D eigenvalue weighted by atomic mass is 10.3. The highest BCUT2D eigenvalue weighted by molar-refractivity contribution is 7.10. The fourth-order valence-corrected chi connectivity index (χ4v) is 2.46. The molecule has 0 aliphatic carbocycles. The molecule has 0 fully saturated rings. The summed E-state index contributed by atoms with van der Waals surface area (Å²) < 4.78 is 17.9. The molecule has 7 heteroatoms. The summed E-state index contributed by atoms with van der Waals surface area (Å²) in [7, 11) is 0. The van der Waals surface area contributed by atoms with Crippen molar-refractivity contribution in [2.75, 3.05) is 5.32 Å². The third-order valence-corrected chi connectivity index (χ3v) is 3.93. The number of hydrogen-bond donors (Lipinski definition) is 1. The number of thiophene rings is 1. The number of ether oxygens (including phenoxy) is 1. The Bertz CT molecular complexity index is 731. The predicted octanol–water partition coefficient (Wildman–Crippen LogP) is 4.12. The normalized spacial score (nSPS) is 12.1. The first-order chi connectivity index (χ1) is 11.0. The fraction of sp³-hybridized carbons (Fsp3) is 0.125. The number of esters is 1. The second-order valence-electron chi connectivity index (χ2n) is 4.54. The number of hydrogen-bond acceptors (Lipinski definition) is 4. The molecule has 0 aliphatic heterocycles. The topological polar surface area (TPSA) is 55.4 Å². The second kappa shape index (κ2) is 7.89. The number of anilines is 1. The number of nitrogens with one attached hydrogen (secondary N) is 1. The number of benzene rings is 1.